The standard InChI is InChI=1S/C17H30N4O3S.HI/c1-14-9-7-8-10-15(14)24-12-11-21(5)16(18-4)19-13-17(2,3)20-25(6,22)23;/h7-10,20H,11-13H2,1-6H3,(H,18,19);1H. The van der Waals surface area contributed by atoms with E-state index in [-0.39, 0.29) is 24.0 Å². The van der Waals surface area contributed by atoms with E-state index in [1.807, 2.05) is 57.0 Å². The minimum atomic E-state index is -3.27. The molecule has 0 aliphatic carbocycles. The quantitative estimate of drug-likeness (QED) is 0.325. The Kier molecular flexibility index (Phi) is 10.5. The lowest BCUT2D eigenvalue weighted by Gasteiger charge is -2.29. The predicted octanol–water partition coefficient (Wildman–Crippen LogP) is 1.83. The van der Waals surface area contributed by atoms with Crippen molar-refractivity contribution in [3.05, 3.63) is 29.8 Å². The zero-order valence-electron chi connectivity index (χ0n) is 16.4. The molecule has 0 spiro atoms. The van der Waals surface area contributed by atoms with Gasteiger partial charge in [0.2, 0.25) is 10.0 Å². The summed E-state index contributed by atoms with van der Waals surface area (Å²) >= 11 is 0. The van der Waals surface area contributed by atoms with Crippen molar-refractivity contribution in [2.24, 2.45) is 4.99 Å². The first-order valence-corrected chi connectivity index (χ1v) is 10.0. The number of nitrogens with zero attached hydrogens (tertiary/aromatic N) is 2. The summed E-state index contributed by atoms with van der Waals surface area (Å²) in [7, 11) is 0.334. The lowest BCUT2D eigenvalue weighted by molar-refractivity contribution is 0.279. The Morgan fingerprint density at radius 1 is 1.31 bits per heavy atom. The molecule has 0 atom stereocenters. The van der Waals surface area contributed by atoms with Crippen molar-refractivity contribution in [2.45, 2.75) is 26.3 Å². The Balaban J connectivity index is 0.00000625. The predicted molar refractivity (Wildman–Crippen MR) is 118 cm³/mol. The van der Waals surface area contributed by atoms with Crippen LogP contribution in [-0.2, 0) is 10.0 Å². The fraction of sp³-hybridized carbons (Fsp3) is 0.588. The summed E-state index contributed by atoms with van der Waals surface area (Å²) in [4.78, 5) is 6.17. The highest BCUT2D eigenvalue weighted by Crippen LogP contribution is 2.15. The number of rotatable bonds is 8. The SMILES string of the molecule is CN=C(NCC(C)(C)NS(C)(=O)=O)N(C)CCOc1ccccc1C.I. The number of benzene rings is 1. The summed E-state index contributed by atoms with van der Waals surface area (Å²) < 4.78 is 31.2. The molecular weight excluding hydrogens is 467 g/mol. The fourth-order valence-electron chi connectivity index (χ4n) is 2.34. The molecule has 0 saturated carbocycles. The van der Waals surface area contributed by atoms with Gasteiger partial charge in [0.25, 0.3) is 0 Å². The smallest absolute Gasteiger partial charge is 0.209 e. The number of para-hydroxylation sites is 1. The van der Waals surface area contributed by atoms with E-state index >= 15 is 0 Å². The van der Waals surface area contributed by atoms with Crippen LogP contribution in [0.3, 0.4) is 0 Å². The first-order valence-electron chi connectivity index (χ1n) is 8.13. The molecule has 0 unspecified atom stereocenters. The summed E-state index contributed by atoms with van der Waals surface area (Å²) in [5.74, 6) is 1.55. The maximum absolute atomic E-state index is 11.4. The van der Waals surface area contributed by atoms with E-state index in [1.165, 1.54) is 0 Å². The van der Waals surface area contributed by atoms with Gasteiger partial charge in [-0.05, 0) is 32.4 Å². The van der Waals surface area contributed by atoms with Crippen LogP contribution in [0.2, 0.25) is 0 Å². The van der Waals surface area contributed by atoms with Gasteiger partial charge in [0.1, 0.15) is 12.4 Å². The Labute approximate surface area is 174 Å². The highest BCUT2D eigenvalue weighted by molar-refractivity contribution is 14.0. The summed E-state index contributed by atoms with van der Waals surface area (Å²) in [6.45, 7) is 7.22. The topological polar surface area (TPSA) is 83.0 Å². The normalized spacial score (nSPS) is 12.3. The second-order valence-corrected chi connectivity index (χ2v) is 8.44. The molecule has 1 rings (SSSR count). The Bertz CT molecular complexity index is 693. The van der Waals surface area contributed by atoms with Crippen molar-refractivity contribution in [3.63, 3.8) is 0 Å². The molecule has 0 fully saturated rings. The summed E-state index contributed by atoms with van der Waals surface area (Å²) in [5.41, 5.74) is 0.475. The van der Waals surface area contributed by atoms with Crippen LogP contribution >= 0.6 is 24.0 Å². The van der Waals surface area contributed by atoms with Crippen molar-refractivity contribution in [1.29, 1.82) is 0 Å². The molecule has 0 heterocycles. The zero-order chi connectivity index (χ0) is 19.1. The number of hydrogen-bond donors (Lipinski definition) is 2. The minimum absolute atomic E-state index is 0. The van der Waals surface area contributed by atoms with E-state index in [2.05, 4.69) is 15.0 Å². The van der Waals surface area contributed by atoms with Crippen molar-refractivity contribution in [3.8, 4) is 5.75 Å². The van der Waals surface area contributed by atoms with Crippen molar-refractivity contribution >= 4 is 40.0 Å². The van der Waals surface area contributed by atoms with Gasteiger partial charge in [0, 0.05) is 26.2 Å². The third-order valence-corrected chi connectivity index (χ3v) is 4.42. The van der Waals surface area contributed by atoms with Crippen LogP contribution < -0.4 is 14.8 Å². The monoisotopic (exact) mass is 498 g/mol. The number of ether oxygens (including phenoxy) is 1. The molecule has 0 amide bonds. The van der Waals surface area contributed by atoms with Crippen LogP contribution in [0.5, 0.6) is 5.75 Å². The molecule has 0 saturated heterocycles. The molecular formula is C17H31IN4O3S. The van der Waals surface area contributed by atoms with Crippen molar-refractivity contribution < 1.29 is 13.2 Å². The van der Waals surface area contributed by atoms with Gasteiger partial charge >= 0.3 is 0 Å². The molecule has 1 aromatic carbocycles. The number of aliphatic imine (C=N–C) groups is 1. The van der Waals surface area contributed by atoms with E-state index in [0.717, 1.165) is 17.6 Å². The van der Waals surface area contributed by atoms with Crippen molar-refractivity contribution in [2.75, 3.05) is 40.0 Å². The molecule has 0 aliphatic heterocycles. The molecule has 150 valence electrons. The molecule has 7 nitrogen and oxygen atoms in total. The highest BCUT2D eigenvalue weighted by Gasteiger charge is 2.22. The molecule has 2 N–H and O–H groups in total. The van der Waals surface area contributed by atoms with Crippen LogP contribution in [0, 0.1) is 6.92 Å². The number of halogens is 1. The van der Waals surface area contributed by atoms with E-state index in [4.69, 9.17) is 4.74 Å². The van der Waals surface area contributed by atoms with Crippen LogP contribution in [0.15, 0.2) is 29.3 Å². The van der Waals surface area contributed by atoms with Gasteiger partial charge in [-0.3, -0.25) is 4.99 Å². The average Bonchev–Trinajstić information content (AvgIpc) is 2.47. The Morgan fingerprint density at radius 2 is 1.92 bits per heavy atom. The van der Waals surface area contributed by atoms with Crippen LogP contribution in [0.1, 0.15) is 19.4 Å². The van der Waals surface area contributed by atoms with Crippen molar-refractivity contribution in [1.82, 2.24) is 14.9 Å². The van der Waals surface area contributed by atoms with Gasteiger partial charge in [-0.25, -0.2) is 13.1 Å². The first-order chi connectivity index (χ1) is 11.5. The molecule has 0 aliphatic rings. The van der Waals surface area contributed by atoms with Crippen LogP contribution in [0.25, 0.3) is 0 Å². The summed E-state index contributed by atoms with van der Waals surface area (Å²) in [6.07, 6.45) is 1.15. The van der Waals surface area contributed by atoms with Crippen LogP contribution in [-0.4, -0.2) is 64.9 Å². The number of likely N-dealkylation sites (N-methyl/N-ethyl adjacent to an activating group) is 1. The van der Waals surface area contributed by atoms with Gasteiger partial charge in [-0.1, -0.05) is 18.2 Å². The van der Waals surface area contributed by atoms with E-state index in [9.17, 15) is 8.42 Å². The first kappa shape index (κ1) is 24.9. The maximum atomic E-state index is 11.4. The summed E-state index contributed by atoms with van der Waals surface area (Å²) in [6, 6.07) is 7.88. The molecule has 0 bridgehead atoms. The van der Waals surface area contributed by atoms with E-state index < -0.39 is 15.6 Å². The minimum Gasteiger partial charge on any atom is -0.491 e. The van der Waals surface area contributed by atoms with Gasteiger partial charge in [0.05, 0.1) is 12.8 Å². The largest absolute Gasteiger partial charge is 0.491 e. The van der Waals surface area contributed by atoms with Gasteiger partial charge in [-0.15, -0.1) is 24.0 Å². The Hall–Kier alpha value is -1.07. The number of hydrogen-bond acceptors (Lipinski definition) is 4. The third-order valence-electron chi connectivity index (χ3n) is 3.50. The fourth-order valence-corrected chi connectivity index (χ4v) is 3.42. The number of sulfonamides is 1. The van der Waals surface area contributed by atoms with Crippen LogP contribution in [0.4, 0.5) is 0 Å². The molecule has 9 heteroatoms. The highest BCUT2D eigenvalue weighted by atomic mass is 127. The second-order valence-electron chi connectivity index (χ2n) is 6.69. The van der Waals surface area contributed by atoms with E-state index in [0.29, 0.717) is 25.7 Å². The molecule has 0 aromatic heterocycles. The van der Waals surface area contributed by atoms with E-state index in [1.54, 1.807) is 7.05 Å². The Morgan fingerprint density at radius 3 is 2.46 bits per heavy atom. The number of nitrogens with one attached hydrogen (secondary N) is 2. The lowest BCUT2D eigenvalue weighted by atomic mass is 10.1. The van der Waals surface area contributed by atoms with Gasteiger partial charge in [-0.2, -0.15) is 0 Å². The number of aryl methyl sites for hydroxylation is 1. The molecule has 0 radical (unpaired) electrons. The maximum Gasteiger partial charge on any atom is 0.209 e. The second kappa shape index (κ2) is 10.9. The summed E-state index contributed by atoms with van der Waals surface area (Å²) in [5, 5.41) is 3.19. The third kappa shape index (κ3) is 9.58. The zero-order valence-corrected chi connectivity index (χ0v) is 19.5. The van der Waals surface area contributed by atoms with Gasteiger partial charge in [0.15, 0.2) is 5.96 Å². The number of guanidine groups is 1. The lowest BCUT2D eigenvalue weighted by Crippen LogP contribution is -2.53. The van der Waals surface area contributed by atoms with Gasteiger partial charge < -0.3 is 15.0 Å². The average molecular weight is 498 g/mol. The molecule has 1 aromatic rings. The molecule has 26 heavy (non-hydrogen) atoms.